The number of alkyl carbamates (subject to hydrolysis) is 1. The molecule has 1 saturated heterocycles. The number of carboxylic acids is 1. The summed E-state index contributed by atoms with van der Waals surface area (Å²) in [6.07, 6.45) is 1.01. The summed E-state index contributed by atoms with van der Waals surface area (Å²) >= 11 is 0. The Kier molecular flexibility index (Phi) is 8.02. The van der Waals surface area contributed by atoms with Gasteiger partial charge in [0.1, 0.15) is 6.61 Å². The summed E-state index contributed by atoms with van der Waals surface area (Å²) in [6, 6.07) is 16.1. The molecule has 1 aliphatic carbocycles. The number of carboxylic acid groups (broad SMARTS) is 1. The molecule has 1 fully saturated rings. The molecule has 8 nitrogen and oxygen atoms in total. The zero-order chi connectivity index (χ0) is 24.8. The van der Waals surface area contributed by atoms with Crippen molar-refractivity contribution in [3.8, 4) is 11.1 Å². The van der Waals surface area contributed by atoms with Crippen LogP contribution in [0.1, 0.15) is 43.2 Å². The van der Waals surface area contributed by atoms with Crippen molar-refractivity contribution >= 4 is 18.0 Å². The van der Waals surface area contributed by atoms with E-state index in [4.69, 9.17) is 9.84 Å². The van der Waals surface area contributed by atoms with Crippen LogP contribution in [-0.4, -0.2) is 78.2 Å². The molecule has 2 aliphatic rings. The molecule has 0 unspecified atom stereocenters. The summed E-state index contributed by atoms with van der Waals surface area (Å²) in [4.78, 5) is 40.1. The van der Waals surface area contributed by atoms with E-state index in [9.17, 15) is 14.4 Å². The van der Waals surface area contributed by atoms with E-state index in [0.29, 0.717) is 32.6 Å². The van der Waals surface area contributed by atoms with Crippen LogP contribution in [0.2, 0.25) is 0 Å². The first-order valence-corrected chi connectivity index (χ1v) is 12.3. The molecule has 8 heteroatoms. The first-order valence-electron chi connectivity index (χ1n) is 12.3. The predicted molar refractivity (Wildman–Crippen MR) is 132 cm³/mol. The summed E-state index contributed by atoms with van der Waals surface area (Å²) in [6.45, 7) is 4.43. The number of carbonyl (C=O) groups excluding carboxylic acids is 2. The molecule has 1 heterocycles. The van der Waals surface area contributed by atoms with Gasteiger partial charge >= 0.3 is 12.1 Å². The minimum Gasteiger partial charge on any atom is -0.480 e. The second kappa shape index (κ2) is 11.4. The molecule has 2 N–H and O–H groups in total. The lowest BCUT2D eigenvalue weighted by Gasteiger charge is -2.24. The van der Waals surface area contributed by atoms with Gasteiger partial charge in [-0.1, -0.05) is 55.5 Å². The van der Waals surface area contributed by atoms with Gasteiger partial charge in [-0.2, -0.15) is 0 Å². The van der Waals surface area contributed by atoms with Gasteiger partial charge in [0.25, 0.3) is 0 Å². The van der Waals surface area contributed by atoms with Crippen LogP contribution in [0, 0.1) is 0 Å². The maximum Gasteiger partial charge on any atom is 0.407 e. The molecular formula is C27H33N3O5. The van der Waals surface area contributed by atoms with Crippen LogP contribution in [-0.2, 0) is 14.3 Å². The SMILES string of the molecule is CC[C@H](CC(=O)N1CCCN(CC(=O)O)CC1)NC(=O)OCC1c2ccccc2-c2ccccc21. The van der Waals surface area contributed by atoms with Gasteiger partial charge in [-0.3, -0.25) is 14.5 Å². The molecule has 0 saturated carbocycles. The van der Waals surface area contributed by atoms with Crippen molar-refractivity contribution in [1.29, 1.82) is 0 Å². The zero-order valence-electron chi connectivity index (χ0n) is 20.1. The first kappa shape index (κ1) is 24.7. The second-order valence-corrected chi connectivity index (χ2v) is 9.18. The van der Waals surface area contributed by atoms with Gasteiger partial charge in [-0.05, 0) is 35.1 Å². The van der Waals surface area contributed by atoms with Crippen molar-refractivity contribution < 1.29 is 24.2 Å². The summed E-state index contributed by atoms with van der Waals surface area (Å²) in [5.74, 6) is -0.906. The molecule has 186 valence electrons. The largest absolute Gasteiger partial charge is 0.480 e. The summed E-state index contributed by atoms with van der Waals surface area (Å²) in [5, 5.41) is 11.9. The normalized spacial score (nSPS) is 16.7. The number of hydrogen-bond acceptors (Lipinski definition) is 5. The lowest BCUT2D eigenvalue weighted by molar-refractivity contribution is -0.138. The molecular weight excluding hydrogens is 446 g/mol. The number of hydrogen-bond donors (Lipinski definition) is 2. The number of nitrogens with zero attached hydrogens (tertiary/aromatic N) is 2. The van der Waals surface area contributed by atoms with Crippen LogP contribution >= 0.6 is 0 Å². The highest BCUT2D eigenvalue weighted by molar-refractivity contribution is 5.79. The Balaban J connectivity index is 1.29. The number of amides is 2. The van der Waals surface area contributed by atoms with E-state index < -0.39 is 12.1 Å². The van der Waals surface area contributed by atoms with Crippen molar-refractivity contribution in [2.45, 2.75) is 38.1 Å². The number of carbonyl (C=O) groups is 3. The Morgan fingerprint density at radius 2 is 1.66 bits per heavy atom. The lowest BCUT2D eigenvalue weighted by atomic mass is 9.98. The lowest BCUT2D eigenvalue weighted by Crippen LogP contribution is -2.42. The van der Waals surface area contributed by atoms with Crippen molar-refractivity contribution in [1.82, 2.24) is 15.1 Å². The van der Waals surface area contributed by atoms with Gasteiger partial charge in [-0.25, -0.2) is 4.79 Å². The maximum atomic E-state index is 12.9. The molecule has 0 spiro atoms. The zero-order valence-corrected chi connectivity index (χ0v) is 20.1. The van der Waals surface area contributed by atoms with Crippen molar-refractivity contribution in [2.75, 3.05) is 39.3 Å². The fourth-order valence-corrected chi connectivity index (χ4v) is 5.01. The van der Waals surface area contributed by atoms with Gasteiger partial charge in [0.2, 0.25) is 5.91 Å². The van der Waals surface area contributed by atoms with E-state index in [1.54, 1.807) is 4.90 Å². The highest BCUT2D eigenvalue weighted by Crippen LogP contribution is 2.44. The molecule has 1 aliphatic heterocycles. The third kappa shape index (κ3) is 6.00. The van der Waals surface area contributed by atoms with E-state index in [1.807, 2.05) is 36.1 Å². The third-order valence-electron chi connectivity index (χ3n) is 6.88. The highest BCUT2D eigenvalue weighted by atomic mass is 16.5. The minimum atomic E-state index is -0.858. The average molecular weight is 480 g/mol. The molecule has 2 aromatic rings. The van der Waals surface area contributed by atoms with Crippen LogP contribution in [0.5, 0.6) is 0 Å². The van der Waals surface area contributed by atoms with Crippen LogP contribution in [0.25, 0.3) is 11.1 Å². The fourth-order valence-electron chi connectivity index (χ4n) is 5.01. The molecule has 2 aromatic carbocycles. The molecule has 0 aromatic heterocycles. The third-order valence-corrected chi connectivity index (χ3v) is 6.88. The van der Waals surface area contributed by atoms with Gasteiger partial charge in [0, 0.05) is 44.6 Å². The molecule has 1 atom stereocenters. The second-order valence-electron chi connectivity index (χ2n) is 9.18. The summed E-state index contributed by atoms with van der Waals surface area (Å²) in [5.41, 5.74) is 4.66. The Bertz CT molecular complexity index is 1030. The van der Waals surface area contributed by atoms with E-state index in [-0.39, 0.29) is 37.4 Å². The van der Waals surface area contributed by atoms with Crippen molar-refractivity contribution in [2.24, 2.45) is 0 Å². The molecule has 0 radical (unpaired) electrons. The van der Waals surface area contributed by atoms with Crippen molar-refractivity contribution in [3.63, 3.8) is 0 Å². The standard InChI is InChI=1S/C27H33N3O5/c1-2-19(16-25(31)30-13-7-12-29(14-15-30)17-26(32)33)28-27(34)35-18-24-22-10-5-3-8-20(22)21-9-4-6-11-23(21)24/h3-6,8-11,19,24H,2,7,12-18H2,1H3,(H,28,34)(H,32,33)/t19-/m1/s1. The van der Waals surface area contributed by atoms with Crippen LogP contribution in [0.4, 0.5) is 4.79 Å². The molecule has 0 bridgehead atoms. The van der Waals surface area contributed by atoms with E-state index in [2.05, 4.69) is 29.6 Å². The minimum absolute atomic E-state index is 0.0110. The molecule has 2 amide bonds. The average Bonchev–Trinajstić information content (AvgIpc) is 2.98. The number of nitrogens with one attached hydrogen (secondary N) is 1. The fraction of sp³-hybridized carbons (Fsp3) is 0.444. The van der Waals surface area contributed by atoms with Crippen LogP contribution in [0.15, 0.2) is 48.5 Å². The Hall–Kier alpha value is -3.39. The first-order chi connectivity index (χ1) is 17.0. The number of rotatable bonds is 8. The number of benzene rings is 2. The Morgan fingerprint density at radius 1 is 1.00 bits per heavy atom. The van der Waals surface area contributed by atoms with Gasteiger partial charge < -0.3 is 20.1 Å². The predicted octanol–water partition coefficient (Wildman–Crippen LogP) is 3.31. The quantitative estimate of drug-likeness (QED) is 0.603. The molecule has 35 heavy (non-hydrogen) atoms. The van der Waals surface area contributed by atoms with Gasteiger partial charge in [0.15, 0.2) is 0 Å². The Morgan fingerprint density at radius 3 is 2.29 bits per heavy atom. The van der Waals surface area contributed by atoms with Crippen molar-refractivity contribution in [3.05, 3.63) is 59.7 Å². The monoisotopic (exact) mass is 479 g/mol. The van der Waals surface area contributed by atoms with Gasteiger partial charge in [-0.15, -0.1) is 0 Å². The molecule has 4 rings (SSSR count). The smallest absolute Gasteiger partial charge is 0.407 e. The summed E-state index contributed by atoms with van der Waals surface area (Å²) in [7, 11) is 0. The van der Waals surface area contributed by atoms with Gasteiger partial charge in [0.05, 0.1) is 6.54 Å². The van der Waals surface area contributed by atoms with E-state index in [0.717, 1.165) is 17.5 Å². The Labute approximate surface area is 205 Å². The van der Waals surface area contributed by atoms with E-state index >= 15 is 0 Å². The number of ether oxygens (including phenoxy) is 1. The van der Waals surface area contributed by atoms with Crippen LogP contribution < -0.4 is 5.32 Å². The maximum absolute atomic E-state index is 12.9. The highest BCUT2D eigenvalue weighted by Gasteiger charge is 2.29. The van der Waals surface area contributed by atoms with E-state index in [1.165, 1.54) is 11.1 Å². The number of aliphatic carboxylic acids is 1. The number of fused-ring (bicyclic) bond motifs is 3. The van der Waals surface area contributed by atoms with Crippen LogP contribution in [0.3, 0.4) is 0 Å². The topological polar surface area (TPSA) is 99.2 Å². The summed E-state index contributed by atoms with van der Waals surface area (Å²) < 4.78 is 5.63.